The summed E-state index contributed by atoms with van der Waals surface area (Å²) in [5.41, 5.74) is 1.36. The van der Waals surface area contributed by atoms with E-state index in [0.717, 1.165) is 31.7 Å². The zero-order valence-electron chi connectivity index (χ0n) is 15.6. The third-order valence-corrected chi connectivity index (χ3v) is 5.86. The molecule has 1 N–H and O–H groups in total. The fraction of sp³-hybridized carbons (Fsp3) is 0.400. The smallest absolute Gasteiger partial charge is 0.175 e. The van der Waals surface area contributed by atoms with Crippen LogP contribution in [-0.2, 0) is 9.84 Å². The van der Waals surface area contributed by atoms with Crippen LogP contribution in [0.1, 0.15) is 17.2 Å². The molecule has 0 radical (unpaired) electrons. The van der Waals surface area contributed by atoms with E-state index in [1.54, 1.807) is 25.1 Å². The number of piperazine rings is 1. The van der Waals surface area contributed by atoms with E-state index in [4.69, 9.17) is 4.74 Å². The van der Waals surface area contributed by atoms with Gasteiger partial charge in [-0.1, -0.05) is 12.1 Å². The lowest BCUT2D eigenvalue weighted by Gasteiger charge is -2.31. The van der Waals surface area contributed by atoms with Crippen molar-refractivity contribution in [1.82, 2.24) is 10.2 Å². The van der Waals surface area contributed by atoms with Crippen LogP contribution in [0.4, 0.5) is 4.39 Å². The van der Waals surface area contributed by atoms with Crippen LogP contribution < -0.4 is 10.1 Å². The third kappa shape index (κ3) is 5.28. The van der Waals surface area contributed by atoms with Crippen LogP contribution in [0, 0.1) is 12.7 Å². The Labute approximate surface area is 160 Å². The average Bonchev–Trinajstić information content (AvgIpc) is 2.64. The molecule has 0 saturated carbocycles. The highest BCUT2D eigenvalue weighted by molar-refractivity contribution is 7.90. The standard InChI is InChI=1S/C20H25FN2O3S/c1-15-3-4-16(13-19(15)21)20(14-23-11-9-22-10-12-23)26-17-5-7-18(8-6-17)27(2,24)25/h3-8,13,20,22H,9-12,14H2,1-2H3/t20-/m0/s1. The minimum Gasteiger partial charge on any atom is -0.484 e. The number of nitrogens with one attached hydrogen (secondary N) is 1. The fourth-order valence-corrected chi connectivity index (χ4v) is 3.71. The van der Waals surface area contributed by atoms with Crippen molar-refractivity contribution in [2.24, 2.45) is 0 Å². The van der Waals surface area contributed by atoms with Gasteiger partial charge in [-0.3, -0.25) is 4.90 Å². The molecule has 7 heteroatoms. The second-order valence-electron chi connectivity index (χ2n) is 6.91. The number of ether oxygens (including phenoxy) is 1. The van der Waals surface area contributed by atoms with Gasteiger partial charge < -0.3 is 10.1 Å². The van der Waals surface area contributed by atoms with Crippen molar-refractivity contribution in [3.05, 3.63) is 59.4 Å². The van der Waals surface area contributed by atoms with Gasteiger partial charge in [0.25, 0.3) is 0 Å². The summed E-state index contributed by atoms with van der Waals surface area (Å²) in [4.78, 5) is 2.53. The average molecular weight is 392 g/mol. The Morgan fingerprint density at radius 1 is 1.15 bits per heavy atom. The first-order valence-electron chi connectivity index (χ1n) is 8.99. The van der Waals surface area contributed by atoms with E-state index in [0.29, 0.717) is 17.9 Å². The van der Waals surface area contributed by atoms with Crippen molar-refractivity contribution >= 4 is 9.84 Å². The minimum absolute atomic E-state index is 0.245. The number of hydrogen-bond donors (Lipinski definition) is 1. The van der Waals surface area contributed by atoms with E-state index in [9.17, 15) is 12.8 Å². The number of halogens is 1. The fourth-order valence-electron chi connectivity index (χ4n) is 3.08. The number of nitrogens with zero attached hydrogens (tertiary/aromatic N) is 1. The van der Waals surface area contributed by atoms with E-state index >= 15 is 0 Å². The molecule has 0 spiro atoms. The van der Waals surface area contributed by atoms with Crippen LogP contribution in [0.2, 0.25) is 0 Å². The van der Waals surface area contributed by atoms with Gasteiger partial charge in [-0.2, -0.15) is 0 Å². The monoisotopic (exact) mass is 392 g/mol. The molecule has 1 aliphatic heterocycles. The molecule has 27 heavy (non-hydrogen) atoms. The maximum Gasteiger partial charge on any atom is 0.175 e. The van der Waals surface area contributed by atoms with Crippen LogP contribution in [0.25, 0.3) is 0 Å². The van der Waals surface area contributed by atoms with Gasteiger partial charge in [-0.25, -0.2) is 12.8 Å². The number of sulfone groups is 1. The molecular formula is C20H25FN2O3S. The Balaban J connectivity index is 1.83. The van der Waals surface area contributed by atoms with E-state index < -0.39 is 9.84 Å². The van der Waals surface area contributed by atoms with Crippen molar-refractivity contribution in [3.8, 4) is 5.75 Å². The number of aryl methyl sites for hydroxylation is 1. The summed E-state index contributed by atoms with van der Waals surface area (Å²) >= 11 is 0. The second kappa shape index (κ2) is 8.37. The lowest BCUT2D eigenvalue weighted by atomic mass is 10.1. The molecule has 146 valence electrons. The van der Waals surface area contributed by atoms with Crippen LogP contribution in [0.3, 0.4) is 0 Å². The predicted molar refractivity (Wildman–Crippen MR) is 103 cm³/mol. The summed E-state index contributed by atoms with van der Waals surface area (Å²) < 4.78 is 43.5. The second-order valence-corrected chi connectivity index (χ2v) is 8.93. The third-order valence-electron chi connectivity index (χ3n) is 4.73. The SMILES string of the molecule is Cc1ccc([C@H](CN2CCNCC2)Oc2ccc(S(C)(=O)=O)cc2)cc1F. The molecule has 2 aromatic carbocycles. The lowest BCUT2D eigenvalue weighted by Crippen LogP contribution is -2.45. The molecule has 2 aromatic rings. The largest absolute Gasteiger partial charge is 0.484 e. The molecule has 0 amide bonds. The molecule has 1 fully saturated rings. The molecule has 1 heterocycles. The van der Waals surface area contributed by atoms with Crippen molar-refractivity contribution in [2.45, 2.75) is 17.9 Å². The summed E-state index contributed by atoms with van der Waals surface area (Å²) in [6.45, 7) is 6.01. The van der Waals surface area contributed by atoms with Gasteiger partial charge in [-0.15, -0.1) is 0 Å². The molecule has 0 bridgehead atoms. The van der Waals surface area contributed by atoms with Gasteiger partial charge >= 0.3 is 0 Å². The van der Waals surface area contributed by atoms with E-state index in [1.165, 1.54) is 24.5 Å². The van der Waals surface area contributed by atoms with Gasteiger partial charge in [0.15, 0.2) is 9.84 Å². The van der Waals surface area contributed by atoms with E-state index in [1.807, 2.05) is 6.07 Å². The molecule has 0 aromatic heterocycles. The van der Waals surface area contributed by atoms with Gasteiger partial charge in [0.05, 0.1) is 4.90 Å². The van der Waals surface area contributed by atoms with Gasteiger partial charge in [0, 0.05) is 39.0 Å². The topological polar surface area (TPSA) is 58.6 Å². The van der Waals surface area contributed by atoms with Crippen molar-refractivity contribution < 1.29 is 17.5 Å². The zero-order valence-corrected chi connectivity index (χ0v) is 16.4. The summed E-state index contributed by atoms with van der Waals surface area (Å²) in [5, 5.41) is 3.31. The highest BCUT2D eigenvalue weighted by Gasteiger charge is 2.21. The Hall–Kier alpha value is -1.96. The number of rotatable bonds is 6. The van der Waals surface area contributed by atoms with Crippen molar-refractivity contribution in [1.29, 1.82) is 0 Å². The first kappa shape index (κ1) is 19.8. The highest BCUT2D eigenvalue weighted by atomic mass is 32.2. The van der Waals surface area contributed by atoms with Crippen LogP contribution in [-0.4, -0.2) is 52.3 Å². The molecule has 3 rings (SSSR count). The Bertz CT molecular complexity index is 879. The highest BCUT2D eigenvalue weighted by Crippen LogP contribution is 2.26. The number of hydrogen-bond acceptors (Lipinski definition) is 5. The van der Waals surface area contributed by atoms with E-state index in [-0.39, 0.29) is 16.8 Å². The molecule has 1 atom stereocenters. The normalized spacial score (nSPS) is 16.9. The summed E-state index contributed by atoms with van der Waals surface area (Å²) in [6.07, 6.45) is 0.827. The molecular weight excluding hydrogens is 367 g/mol. The first-order chi connectivity index (χ1) is 12.8. The molecule has 0 aliphatic carbocycles. The number of benzene rings is 2. The maximum absolute atomic E-state index is 14.1. The van der Waals surface area contributed by atoms with Gasteiger partial charge in [0.1, 0.15) is 17.7 Å². The van der Waals surface area contributed by atoms with Crippen LogP contribution in [0.15, 0.2) is 47.4 Å². The summed E-state index contributed by atoms with van der Waals surface area (Å²) in [5.74, 6) is 0.303. The summed E-state index contributed by atoms with van der Waals surface area (Å²) in [7, 11) is -3.25. The Kier molecular flexibility index (Phi) is 6.14. The van der Waals surface area contributed by atoms with Gasteiger partial charge in [-0.05, 0) is 48.4 Å². The zero-order chi connectivity index (χ0) is 19.4. The Morgan fingerprint density at radius 3 is 2.41 bits per heavy atom. The lowest BCUT2D eigenvalue weighted by molar-refractivity contribution is 0.123. The minimum atomic E-state index is -3.25. The van der Waals surface area contributed by atoms with Crippen LogP contribution in [0.5, 0.6) is 5.75 Å². The quantitative estimate of drug-likeness (QED) is 0.819. The summed E-state index contributed by atoms with van der Waals surface area (Å²) in [6, 6.07) is 11.5. The predicted octanol–water partition coefficient (Wildman–Crippen LogP) is 2.56. The van der Waals surface area contributed by atoms with Crippen molar-refractivity contribution in [2.75, 3.05) is 39.0 Å². The van der Waals surface area contributed by atoms with Crippen LogP contribution >= 0.6 is 0 Å². The van der Waals surface area contributed by atoms with Crippen molar-refractivity contribution in [3.63, 3.8) is 0 Å². The molecule has 1 aliphatic rings. The maximum atomic E-state index is 14.1. The molecule has 0 unspecified atom stereocenters. The molecule has 1 saturated heterocycles. The molecule has 5 nitrogen and oxygen atoms in total. The first-order valence-corrected chi connectivity index (χ1v) is 10.9. The van der Waals surface area contributed by atoms with Gasteiger partial charge in [0.2, 0.25) is 0 Å². The van der Waals surface area contributed by atoms with E-state index in [2.05, 4.69) is 10.2 Å². The Morgan fingerprint density at radius 2 is 1.81 bits per heavy atom.